The molecule has 8 heteroatoms. The molecular weight excluding hydrogens is 487 g/mol. The van der Waals surface area contributed by atoms with Crippen LogP contribution in [-0.2, 0) is 32.7 Å². The number of amides is 1. The van der Waals surface area contributed by atoms with Crippen LogP contribution in [0.15, 0.2) is 60.7 Å². The fourth-order valence-electron chi connectivity index (χ4n) is 5.20. The molecule has 0 spiro atoms. The molecule has 180 valence electrons. The number of nitrogens with one attached hydrogen (secondary N) is 1. The molecule has 2 heterocycles. The van der Waals surface area contributed by atoms with Crippen molar-refractivity contribution < 1.29 is 19.1 Å². The van der Waals surface area contributed by atoms with Crippen molar-refractivity contribution in [2.45, 2.75) is 31.3 Å². The summed E-state index contributed by atoms with van der Waals surface area (Å²) in [6.07, 6.45) is 0.687. The second kappa shape index (κ2) is 9.10. The number of fused-ring (bicyclic) bond motifs is 2. The van der Waals surface area contributed by atoms with Crippen molar-refractivity contribution in [3.05, 3.63) is 87.4 Å². The zero-order valence-corrected chi connectivity index (χ0v) is 20.8. The number of esters is 1. The maximum atomic E-state index is 14.0. The van der Waals surface area contributed by atoms with Crippen LogP contribution in [0, 0.1) is 0 Å². The molecule has 0 bridgehead atoms. The standard InChI is InChI=1S/C27H24Cl2N2O4/c1-3-35-25(32)24-12-17-7-9-20(34-2)14-23(17)31(24)27(15-16-5-4-6-18(28)11-16)21-10-8-19(29)13-22(21)30-26(27)33/h4-11,13-14,24H,3,12,15H2,1-2H3,(H,30,33). The van der Waals surface area contributed by atoms with Crippen LogP contribution in [0.3, 0.4) is 0 Å². The van der Waals surface area contributed by atoms with Gasteiger partial charge in [0.25, 0.3) is 5.91 Å². The van der Waals surface area contributed by atoms with Crippen LogP contribution in [0.1, 0.15) is 23.6 Å². The third-order valence-corrected chi connectivity index (χ3v) is 7.12. The van der Waals surface area contributed by atoms with Gasteiger partial charge < -0.3 is 19.7 Å². The molecule has 3 aromatic carbocycles. The lowest BCUT2D eigenvalue weighted by atomic mass is 9.82. The fourth-order valence-corrected chi connectivity index (χ4v) is 5.59. The number of anilines is 2. The first-order chi connectivity index (χ1) is 16.9. The Morgan fingerprint density at radius 3 is 2.66 bits per heavy atom. The van der Waals surface area contributed by atoms with E-state index in [0.29, 0.717) is 27.9 Å². The number of halogens is 2. The molecule has 2 atom stereocenters. The fraction of sp³-hybridized carbons (Fsp3) is 0.259. The Balaban J connectivity index is 1.77. The molecule has 1 N–H and O–H groups in total. The molecule has 5 rings (SSSR count). The minimum absolute atomic E-state index is 0.239. The smallest absolute Gasteiger partial charge is 0.329 e. The van der Waals surface area contributed by atoms with Crippen molar-refractivity contribution in [3.63, 3.8) is 0 Å². The number of methoxy groups -OCH3 is 1. The number of carbonyl (C=O) groups is 2. The third kappa shape index (κ3) is 3.91. The highest BCUT2D eigenvalue weighted by molar-refractivity contribution is 6.31. The van der Waals surface area contributed by atoms with E-state index in [1.807, 2.05) is 47.4 Å². The quantitative estimate of drug-likeness (QED) is 0.450. The number of hydrogen-bond donors (Lipinski definition) is 1. The van der Waals surface area contributed by atoms with Crippen molar-refractivity contribution in [2.24, 2.45) is 0 Å². The topological polar surface area (TPSA) is 67.9 Å². The van der Waals surface area contributed by atoms with E-state index >= 15 is 0 Å². The predicted molar refractivity (Wildman–Crippen MR) is 137 cm³/mol. The summed E-state index contributed by atoms with van der Waals surface area (Å²) in [6, 6.07) is 17.7. The second-order valence-corrected chi connectivity index (χ2v) is 9.52. The molecule has 6 nitrogen and oxygen atoms in total. The molecule has 0 aromatic heterocycles. The van der Waals surface area contributed by atoms with Gasteiger partial charge in [0, 0.05) is 45.9 Å². The maximum Gasteiger partial charge on any atom is 0.329 e. The number of carbonyl (C=O) groups excluding carboxylic acids is 2. The van der Waals surface area contributed by atoms with Crippen molar-refractivity contribution in [2.75, 3.05) is 23.9 Å². The molecule has 1 amide bonds. The van der Waals surface area contributed by atoms with E-state index in [1.54, 1.807) is 32.2 Å². The lowest BCUT2D eigenvalue weighted by Gasteiger charge is -2.42. The lowest BCUT2D eigenvalue weighted by Crippen LogP contribution is -2.58. The molecular formula is C27H24Cl2N2O4. The lowest BCUT2D eigenvalue weighted by molar-refractivity contribution is -0.145. The Morgan fingerprint density at radius 1 is 1.11 bits per heavy atom. The van der Waals surface area contributed by atoms with Crippen molar-refractivity contribution >= 4 is 46.5 Å². The predicted octanol–water partition coefficient (Wildman–Crippen LogP) is 5.39. The molecule has 2 aliphatic heterocycles. The first-order valence-corrected chi connectivity index (χ1v) is 12.1. The van der Waals surface area contributed by atoms with E-state index in [0.717, 1.165) is 22.4 Å². The van der Waals surface area contributed by atoms with Crippen molar-refractivity contribution in [3.8, 4) is 5.75 Å². The molecule has 0 fully saturated rings. The van der Waals surface area contributed by atoms with Gasteiger partial charge in [-0.3, -0.25) is 4.79 Å². The van der Waals surface area contributed by atoms with Crippen molar-refractivity contribution in [1.29, 1.82) is 0 Å². The average molecular weight is 511 g/mol. The molecule has 35 heavy (non-hydrogen) atoms. The van der Waals surface area contributed by atoms with Gasteiger partial charge in [0.05, 0.1) is 13.7 Å². The van der Waals surface area contributed by atoms with Crippen LogP contribution in [0.2, 0.25) is 10.0 Å². The Bertz CT molecular complexity index is 1330. The molecule has 2 unspecified atom stereocenters. The first kappa shape index (κ1) is 23.5. The summed E-state index contributed by atoms with van der Waals surface area (Å²) in [4.78, 5) is 29.2. The number of ether oxygens (including phenoxy) is 2. The Morgan fingerprint density at radius 2 is 1.91 bits per heavy atom. The van der Waals surface area contributed by atoms with Gasteiger partial charge in [-0.05, 0) is 48.4 Å². The first-order valence-electron chi connectivity index (χ1n) is 11.4. The minimum Gasteiger partial charge on any atom is -0.497 e. The van der Waals surface area contributed by atoms with Gasteiger partial charge >= 0.3 is 5.97 Å². The summed E-state index contributed by atoms with van der Waals surface area (Å²) in [5, 5.41) is 4.09. The van der Waals surface area contributed by atoms with Gasteiger partial charge in [-0.15, -0.1) is 0 Å². The van der Waals surface area contributed by atoms with Crippen molar-refractivity contribution in [1.82, 2.24) is 0 Å². The van der Waals surface area contributed by atoms with Gasteiger partial charge in [-0.1, -0.05) is 47.5 Å². The SMILES string of the molecule is CCOC(=O)C1Cc2ccc(OC)cc2N1C1(Cc2cccc(Cl)c2)C(=O)Nc2cc(Cl)ccc21. The number of nitrogens with zero attached hydrogens (tertiary/aromatic N) is 1. The molecule has 0 aliphatic carbocycles. The minimum atomic E-state index is -1.25. The van der Waals surface area contributed by atoms with Crippen LogP contribution < -0.4 is 15.0 Å². The van der Waals surface area contributed by atoms with Gasteiger partial charge in [0.1, 0.15) is 11.8 Å². The molecule has 0 saturated heterocycles. The number of hydrogen-bond acceptors (Lipinski definition) is 5. The van der Waals surface area contributed by atoms with Crippen LogP contribution in [0.4, 0.5) is 11.4 Å². The van der Waals surface area contributed by atoms with E-state index in [1.165, 1.54) is 0 Å². The van der Waals surface area contributed by atoms with E-state index in [9.17, 15) is 9.59 Å². The summed E-state index contributed by atoms with van der Waals surface area (Å²) in [5.41, 5.74) is 2.64. The van der Waals surface area contributed by atoms with Gasteiger partial charge in [0.15, 0.2) is 5.54 Å². The zero-order chi connectivity index (χ0) is 24.7. The zero-order valence-electron chi connectivity index (χ0n) is 19.3. The summed E-state index contributed by atoms with van der Waals surface area (Å²) >= 11 is 12.6. The normalized spacial score (nSPS) is 20.3. The summed E-state index contributed by atoms with van der Waals surface area (Å²) in [6.45, 7) is 2.01. The molecule has 0 saturated carbocycles. The Hall–Kier alpha value is -3.22. The second-order valence-electron chi connectivity index (χ2n) is 8.65. The van der Waals surface area contributed by atoms with Gasteiger partial charge in [0.2, 0.25) is 0 Å². The van der Waals surface area contributed by atoms with E-state index < -0.39 is 11.6 Å². The van der Waals surface area contributed by atoms with Crippen LogP contribution in [0.5, 0.6) is 5.75 Å². The largest absolute Gasteiger partial charge is 0.497 e. The molecule has 2 aliphatic rings. The number of rotatable bonds is 6. The van der Waals surface area contributed by atoms with Crippen LogP contribution >= 0.6 is 23.2 Å². The van der Waals surface area contributed by atoms with Gasteiger partial charge in [-0.2, -0.15) is 0 Å². The highest BCUT2D eigenvalue weighted by atomic mass is 35.5. The Labute approximate surface area is 213 Å². The third-order valence-electron chi connectivity index (χ3n) is 6.65. The average Bonchev–Trinajstić information content (AvgIpc) is 3.34. The van der Waals surface area contributed by atoms with E-state index in [4.69, 9.17) is 32.7 Å². The Kier molecular flexibility index (Phi) is 6.11. The van der Waals surface area contributed by atoms with E-state index in [-0.39, 0.29) is 24.9 Å². The summed E-state index contributed by atoms with van der Waals surface area (Å²) < 4.78 is 11.0. The highest BCUT2D eigenvalue weighted by Crippen LogP contribution is 2.51. The van der Waals surface area contributed by atoms with Crippen LogP contribution in [0.25, 0.3) is 0 Å². The summed E-state index contributed by atoms with van der Waals surface area (Å²) in [7, 11) is 1.59. The highest BCUT2D eigenvalue weighted by Gasteiger charge is 2.57. The maximum absolute atomic E-state index is 14.0. The molecule has 3 aromatic rings. The van der Waals surface area contributed by atoms with Gasteiger partial charge in [-0.25, -0.2) is 4.79 Å². The van der Waals surface area contributed by atoms with Crippen LogP contribution in [-0.4, -0.2) is 31.6 Å². The molecule has 0 radical (unpaired) electrons. The number of benzene rings is 3. The summed E-state index contributed by atoms with van der Waals surface area (Å²) in [5.74, 6) is -0.00559. The monoisotopic (exact) mass is 510 g/mol. The van der Waals surface area contributed by atoms with E-state index in [2.05, 4.69) is 5.32 Å².